The molecule has 5 nitrogen and oxygen atoms in total. The molecule has 1 aliphatic carbocycles. The molecule has 30 heavy (non-hydrogen) atoms. The van der Waals surface area contributed by atoms with E-state index in [1.165, 1.54) is 6.07 Å². The van der Waals surface area contributed by atoms with Crippen LogP contribution < -0.4 is 10.1 Å². The van der Waals surface area contributed by atoms with Crippen LogP contribution in [0.3, 0.4) is 0 Å². The maximum absolute atomic E-state index is 13.4. The molecule has 1 aliphatic heterocycles. The Kier molecular flexibility index (Phi) is 5.97. The van der Waals surface area contributed by atoms with Gasteiger partial charge in [-0.1, -0.05) is 0 Å². The molecule has 4 rings (SSSR count). The highest BCUT2D eigenvalue weighted by Gasteiger charge is 2.26. The first kappa shape index (κ1) is 20.3. The van der Waals surface area contributed by atoms with Gasteiger partial charge in [-0.15, -0.1) is 0 Å². The smallest absolute Gasteiger partial charge is 0.253 e. The number of benzene rings is 2. The normalized spacial score (nSPS) is 18.7. The van der Waals surface area contributed by atoms with Crippen LogP contribution in [0.25, 0.3) is 0 Å². The fraction of sp³-hybridized carbons (Fsp3) is 0.391. The topological polar surface area (TPSA) is 58.6 Å². The molecule has 2 fully saturated rings. The molecule has 0 aromatic heterocycles. The van der Waals surface area contributed by atoms with Gasteiger partial charge in [0, 0.05) is 36.2 Å². The van der Waals surface area contributed by atoms with E-state index in [0.29, 0.717) is 37.1 Å². The number of likely N-dealkylation sites (tertiary alicyclic amines) is 1. The second kappa shape index (κ2) is 8.81. The Morgan fingerprint density at radius 3 is 2.43 bits per heavy atom. The van der Waals surface area contributed by atoms with E-state index in [1.807, 2.05) is 0 Å². The second-order valence-corrected chi connectivity index (χ2v) is 7.97. The summed E-state index contributed by atoms with van der Waals surface area (Å²) >= 11 is 0. The first-order chi connectivity index (χ1) is 14.5. The van der Waals surface area contributed by atoms with Gasteiger partial charge in [-0.25, -0.2) is 8.78 Å². The summed E-state index contributed by atoms with van der Waals surface area (Å²) < 4.78 is 32.4. The molecule has 2 aromatic carbocycles. The number of ether oxygens (including phenoxy) is 1. The first-order valence-electron chi connectivity index (χ1n) is 10.3. The molecule has 0 spiro atoms. The average molecular weight is 414 g/mol. The van der Waals surface area contributed by atoms with Crippen molar-refractivity contribution in [2.45, 2.75) is 31.7 Å². The van der Waals surface area contributed by atoms with Crippen molar-refractivity contribution in [2.75, 3.05) is 19.7 Å². The minimum absolute atomic E-state index is 0.0669. The number of nitrogens with zero attached hydrogens (tertiary/aromatic N) is 1. The van der Waals surface area contributed by atoms with Crippen LogP contribution in [0.5, 0.6) is 5.75 Å². The van der Waals surface area contributed by atoms with Gasteiger partial charge in [-0.3, -0.25) is 9.59 Å². The number of rotatable bonds is 6. The SMILES string of the molecule is O=C(NC1CC1)c1ccc(OCC2CCCN(C(=O)c3ccc(F)c(F)c3)C2)cc1. The lowest BCUT2D eigenvalue weighted by Gasteiger charge is -2.32. The van der Waals surface area contributed by atoms with E-state index in [-0.39, 0.29) is 23.3 Å². The number of carbonyl (C=O) groups excluding carboxylic acids is 2. The van der Waals surface area contributed by atoms with Crippen molar-refractivity contribution >= 4 is 11.8 Å². The quantitative estimate of drug-likeness (QED) is 0.783. The van der Waals surface area contributed by atoms with Crippen LogP contribution in [0.2, 0.25) is 0 Å². The van der Waals surface area contributed by atoms with Crippen molar-refractivity contribution in [2.24, 2.45) is 5.92 Å². The molecule has 158 valence electrons. The van der Waals surface area contributed by atoms with Gasteiger partial charge in [0.05, 0.1) is 6.61 Å². The van der Waals surface area contributed by atoms with Gasteiger partial charge in [0.25, 0.3) is 11.8 Å². The maximum atomic E-state index is 13.4. The van der Waals surface area contributed by atoms with Crippen molar-refractivity contribution in [1.29, 1.82) is 0 Å². The van der Waals surface area contributed by atoms with E-state index in [4.69, 9.17) is 4.74 Å². The Labute approximate surface area is 174 Å². The summed E-state index contributed by atoms with van der Waals surface area (Å²) in [5.41, 5.74) is 0.755. The zero-order valence-electron chi connectivity index (χ0n) is 16.6. The van der Waals surface area contributed by atoms with E-state index in [9.17, 15) is 18.4 Å². The Morgan fingerprint density at radius 1 is 1.00 bits per heavy atom. The molecule has 2 amide bonds. The molecular formula is C23H24F2N2O3. The monoisotopic (exact) mass is 414 g/mol. The lowest BCUT2D eigenvalue weighted by molar-refractivity contribution is 0.0632. The number of piperidine rings is 1. The van der Waals surface area contributed by atoms with Crippen molar-refractivity contribution in [3.63, 3.8) is 0 Å². The van der Waals surface area contributed by atoms with Gasteiger partial charge in [0.2, 0.25) is 0 Å². The van der Waals surface area contributed by atoms with Crippen LogP contribution in [0, 0.1) is 17.6 Å². The van der Waals surface area contributed by atoms with E-state index in [1.54, 1.807) is 29.2 Å². The third-order valence-corrected chi connectivity index (χ3v) is 5.49. The summed E-state index contributed by atoms with van der Waals surface area (Å²) in [5, 5.41) is 2.95. The van der Waals surface area contributed by atoms with Gasteiger partial charge in [-0.2, -0.15) is 0 Å². The summed E-state index contributed by atoms with van der Waals surface area (Å²) in [6.07, 6.45) is 3.83. The third kappa shape index (κ3) is 4.96. The molecule has 1 heterocycles. The van der Waals surface area contributed by atoms with E-state index in [2.05, 4.69) is 5.32 Å². The van der Waals surface area contributed by atoms with Crippen molar-refractivity contribution in [1.82, 2.24) is 10.2 Å². The largest absolute Gasteiger partial charge is 0.493 e. The number of carbonyl (C=O) groups is 2. The highest BCUT2D eigenvalue weighted by Crippen LogP contribution is 2.22. The molecule has 1 N–H and O–H groups in total. The standard InChI is InChI=1S/C23H24F2N2O3/c24-20-10-5-17(12-21(20)25)23(29)27-11-1-2-15(13-27)14-30-19-8-3-16(4-9-19)22(28)26-18-6-7-18/h3-5,8-10,12,15,18H,1-2,6-7,11,13-14H2,(H,26,28). The van der Waals surface area contributed by atoms with Crippen LogP contribution in [0.15, 0.2) is 42.5 Å². The zero-order valence-corrected chi connectivity index (χ0v) is 16.6. The number of hydrogen-bond acceptors (Lipinski definition) is 3. The highest BCUT2D eigenvalue weighted by atomic mass is 19.2. The van der Waals surface area contributed by atoms with Gasteiger partial charge in [0.15, 0.2) is 11.6 Å². The number of nitrogens with one attached hydrogen (secondary N) is 1. The molecular weight excluding hydrogens is 390 g/mol. The number of halogens is 2. The Morgan fingerprint density at radius 2 is 1.73 bits per heavy atom. The summed E-state index contributed by atoms with van der Waals surface area (Å²) in [4.78, 5) is 26.3. The minimum atomic E-state index is -1.02. The maximum Gasteiger partial charge on any atom is 0.253 e. The Balaban J connectivity index is 1.30. The third-order valence-electron chi connectivity index (χ3n) is 5.49. The van der Waals surface area contributed by atoms with Gasteiger partial charge in [-0.05, 0) is 68.1 Å². The van der Waals surface area contributed by atoms with Crippen LogP contribution in [0.1, 0.15) is 46.4 Å². The second-order valence-electron chi connectivity index (χ2n) is 7.97. The molecule has 0 bridgehead atoms. The molecule has 1 saturated carbocycles. The van der Waals surface area contributed by atoms with E-state index >= 15 is 0 Å². The zero-order chi connectivity index (χ0) is 21.1. The minimum Gasteiger partial charge on any atom is -0.493 e. The lowest BCUT2D eigenvalue weighted by Crippen LogP contribution is -2.41. The van der Waals surface area contributed by atoms with Gasteiger partial charge >= 0.3 is 0 Å². The van der Waals surface area contributed by atoms with E-state index in [0.717, 1.165) is 37.8 Å². The van der Waals surface area contributed by atoms with Crippen molar-refractivity contribution < 1.29 is 23.1 Å². The van der Waals surface area contributed by atoms with Crippen molar-refractivity contribution in [3.8, 4) is 5.75 Å². The molecule has 7 heteroatoms. The molecule has 1 saturated heterocycles. The Bertz CT molecular complexity index is 929. The molecule has 2 aliphatic rings. The lowest BCUT2D eigenvalue weighted by atomic mass is 9.98. The summed E-state index contributed by atoms with van der Waals surface area (Å²) in [6.45, 7) is 1.52. The predicted octanol–water partition coefficient (Wildman–Crippen LogP) is 3.79. The van der Waals surface area contributed by atoms with Crippen molar-refractivity contribution in [3.05, 3.63) is 65.2 Å². The summed E-state index contributed by atoms with van der Waals surface area (Å²) in [7, 11) is 0. The summed E-state index contributed by atoms with van der Waals surface area (Å²) in [6, 6.07) is 10.6. The first-order valence-corrected chi connectivity index (χ1v) is 10.3. The molecule has 0 radical (unpaired) electrons. The fourth-order valence-corrected chi connectivity index (χ4v) is 3.61. The molecule has 1 atom stereocenters. The van der Waals surface area contributed by atoms with Crippen LogP contribution in [0.4, 0.5) is 8.78 Å². The summed E-state index contributed by atoms with van der Waals surface area (Å²) in [5.74, 6) is -1.54. The molecule has 1 unspecified atom stereocenters. The Hall–Kier alpha value is -2.96. The fourth-order valence-electron chi connectivity index (χ4n) is 3.61. The average Bonchev–Trinajstić information content (AvgIpc) is 3.58. The molecule has 2 aromatic rings. The predicted molar refractivity (Wildman–Crippen MR) is 107 cm³/mol. The van der Waals surface area contributed by atoms with Crippen LogP contribution in [-0.4, -0.2) is 42.5 Å². The van der Waals surface area contributed by atoms with Gasteiger partial charge in [0.1, 0.15) is 5.75 Å². The van der Waals surface area contributed by atoms with Gasteiger partial charge < -0.3 is 15.0 Å². The number of amides is 2. The van der Waals surface area contributed by atoms with Crippen LogP contribution >= 0.6 is 0 Å². The number of hydrogen-bond donors (Lipinski definition) is 1. The highest BCUT2D eigenvalue weighted by molar-refractivity contribution is 5.95. The van der Waals surface area contributed by atoms with E-state index < -0.39 is 11.6 Å². The van der Waals surface area contributed by atoms with Crippen LogP contribution in [-0.2, 0) is 0 Å².